The molecule has 0 aromatic heterocycles. The molecule has 174 valence electrons. The molecule has 0 aliphatic carbocycles. The van der Waals surface area contributed by atoms with Crippen molar-refractivity contribution in [1.29, 1.82) is 0 Å². The van der Waals surface area contributed by atoms with Crippen molar-refractivity contribution in [1.82, 2.24) is 5.32 Å². The van der Waals surface area contributed by atoms with Crippen molar-refractivity contribution in [3.05, 3.63) is 54.6 Å². The first-order valence-corrected chi connectivity index (χ1v) is 11.0. The van der Waals surface area contributed by atoms with Crippen molar-refractivity contribution >= 4 is 12.1 Å². The maximum atomic E-state index is 12.5. The standard InChI is InChI=1S/C26H35NO5/c1-17(2)23(19(4)30-24(28)18(3)27-25(29)32-26(5,6)7)31-22-15-11-14-21(16-22)20-12-9-8-10-13-20/h8-19,23H,1-7H3,(H,27,29)/t18-,19-,23+/m0/s1. The fourth-order valence-electron chi connectivity index (χ4n) is 3.21. The van der Waals surface area contributed by atoms with Gasteiger partial charge in [0.1, 0.15) is 29.6 Å². The molecule has 3 atom stereocenters. The van der Waals surface area contributed by atoms with E-state index in [2.05, 4.69) is 5.32 Å². The molecule has 1 N–H and O–H groups in total. The van der Waals surface area contributed by atoms with Crippen molar-refractivity contribution in [2.24, 2.45) is 5.92 Å². The van der Waals surface area contributed by atoms with Gasteiger partial charge in [0, 0.05) is 0 Å². The van der Waals surface area contributed by atoms with Gasteiger partial charge in [-0.15, -0.1) is 0 Å². The van der Waals surface area contributed by atoms with Crippen LogP contribution in [0.2, 0.25) is 0 Å². The fourth-order valence-corrected chi connectivity index (χ4v) is 3.21. The van der Waals surface area contributed by atoms with E-state index in [1.807, 2.05) is 68.4 Å². The predicted octanol–water partition coefficient (Wildman–Crippen LogP) is 5.60. The Morgan fingerprint density at radius 1 is 0.875 bits per heavy atom. The van der Waals surface area contributed by atoms with Gasteiger partial charge in [-0.3, -0.25) is 0 Å². The van der Waals surface area contributed by atoms with E-state index in [0.717, 1.165) is 11.1 Å². The largest absolute Gasteiger partial charge is 0.486 e. The number of alkyl carbamates (subject to hydrolysis) is 1. The third kappa shape index (κ3) is 7.91. The molecule has 2 rings (SSSR count). The Hall–Kier alpha value is -3.02. The molecule has 0 aliphatic heterocycles. The van der Waals surface area contributed by atoms with Crippen molar-refractivity contribution in [3.63, 3.8) is 0 Å². The lowest BCUT2D eigenvalue weighted by Crippen LogP contribution is -2.45. The van der Waals surface area contributed by atoms with Crippen LogP contribution in [0, 0.1) is 5.92 Å². The monoisotopic (exact) mass is 441 g/mol. The molecule has 6 nitrogen and oxygen atoms in total. The van der Waals surface area contributed by atoms with Crippen LogP contribution in [0.15, 0.2) is 54.6 Å². The Bertz CT molecular complexity index is 889. The third-order valence-electron chi connectivity index (χ3n) is 4.72. The second-order valence-corrected chi connectivity index (χ2v) is 9.23. The molecule has 0 fully saturated rings. The number of benzene rings is 2. The van der Waals surface area contributed by atoms with Gasteiger partial charge in [0.15, 0.2) is 0 Å². The Morgan fingerprint density at radius 3 is 2.09 bits per heavy atom. The summed E-state index contributed by atoms with van der Waals surface area (Å²) < 4.78 is 17.1. The highest BCUT2D eigenvalue weighted by atomic mass is 16.6. The van der Waals surface area contributed by atoms with Gasteiger partial charge in [0.25, 0.3) is 0 Å². The van der Waals surface area contributed by atoms with Crippen molar-refractivity contribution in [2.45, 2.75) is 72.3 Å². The minimum absolute atomic E-state index is 0.0901. The first-order chi connectivity index (χ1) is 15.0. The van der Waals surface area contributed by atoms with Crippen LogP contribution in [0.1, 0.15) is 48.5 Å². The summed E-state index contributed by atoms with van der Waals surface area (Å²) >= 11 is 0. The molecule has 6 heteroatoms. The summed E-state index contributed by atoms with van der Waals surface area (Å²) in [6.07, 6.45) is -1.55. The number of nitrogens with one attached hydrogen (secondary N) is 1. The van der Waals surface area contributed by atoms with E-state index in [-0.39, 0.29) is 12.0 Å². The molecular formula is C26H35NO5. The highest BCUT2D eigenvalue weighted by Crippen LogP contribution is 2.26. The summed E-state index contributed by atoms with van der Waals surface area (Å²) in [6, 6.07) is 17.1. The van der Waals surface area contributed by atoms with Gasteiger partial charge in [-0.1, -0.05) is 56.3 Å². The van der Waals surface area contributed by atoms with Crippen LogP contribution in [0.25, 0.3) is 11.1 Å². The quantitative estimate of drug-likeness (QED) is 0.540. The molecular weight excluding hydrogens is 406 g/mol. The van der Waals surface area contributed by atoms with E-state index < -0.39 is 29.8 Å². The molecule has 2 aromatic rings. The van der Waals surface area contributed by atoms with Gasteiger partial charge >= 0.3 is 12.1 Å². The normalized spacial score (nSPS) is 14.2. The predicted molar refractivity (Wildman–Crippen MR) is 126 cm³/mol. The van der Waals surface area contributed by atoms with E-state index in [1.165, 1.54) is 0 Å². The maximum Gasteiger partial charge on any atom is 0.408 e. The van der Waals surface area contributed by atoms with Crippen LogP contribution >= 0.6 is 0 Å². The molecule has 0 spiro atoms. The lowest BCUT2D eigenvalue weighted by atomic mass is 10.0. The lowest BCUT2D eigenvalue weighted by molar-refractivity contribution is -0.156. The number of esters is 1. The molecule has 1 amide bonds. The first kappa shape index (κ1) is 25.2. The van der Waals surface area contributed by atoms with Gasteiger partial charge in [0.2, 0.25) is 0 Å². The van der Waals surface area contributed by atoms with Crippen LogP contribution in [0.4, 0.5) is 4.79 Å². The van der Waals surface area contributed by atoms with Gasteiger partial charge in [-0.2, -0.15) is 0 Å². The van der Waals surface area contributed by atoms with Crippen molar-refractivity contribution < 1.29 is 23.8 Å². The number of carbonyl (C=O) groups is 2. The average molecular weight is 442 g/mol. The molecule has 0 aliphatic rings. The highest BCUT2D eigenvalue weighted by Gasteiger charge is 2.29. The van der Waals surface area contributed by atoms with Crippen molar-refractivity contribution in [2.75, 3.05) is 0 Å². The van der Waals surface area contributed by atoms with Crippen LogP contribution < -0.4 is 10.1 Å². The molecule has 32 heavy (non-hydrogen) atoms. The van der Waals surface area contributed by atoms with E-state index in [9.17, 15) is 9.59 Å². The summed E-state index contributed by atoms with van der Waals surface area (Å²) in [5.74, 6) is 0.246. The Balaban J connectivity index is 2.03. The number of hydrogen-bond donors (Lipinski definition) is 1. The third-order valence-corrected chi connectivity index (χ3v) is 4.72. The average Bonchev–Trinajstić information content (AvgIpc) is 2.71. The van der Waals surface area contributed by atoms with Crippen LogP contribution in [0.3, 0.4) is 0 Å². The number of ether oxygens (including phenoxy) is 3. The zero-order valence-corrected chi connectivity index (χ0v) is 20.0. The first-order valence-electron chi connectivity index (χ1n) is 11.0. The Morgan fingerprint density at radius 2 is 1.50 bits per heavy atom. The summed E-state index contributed by atoms with van der Waals surface area (Å²) in [5.41, 5.74) is 1.50. The van der Waals surface area contributed by atoms with E-state index >= 15 is 0 Å². The summed E-state index contributed by atoms with van der Waals surface area (Å²) in [4.78, 5) is 24.5. The molecule has 0 saturated heterocycles. The SMILES string of the molecule is CC(C)[C@@H](Oc1cccc(-c2ccccc2)c1)[C@H](C)OC(=O)[C@H](C)NC(=O)OC(C)(C)C. The molecule has 0 radical (unpaired) electrons. The van der Waals surface area contributed by atoms with Crippen LogP contribution in [-0.4, -0.2) is 35.9 Å². The second-order valence-electron chi connectivity index (χ2n) is 9.23. The summed E-state index contributed by atoms with van der Waals surface area (Å²) in [6.45, 7) is 12.7. The molecule has 0 heterocycles. The molecule has 0 saturated carbocycles. The minimum Gasteiger partial charge on any atom is -0.486 e. The molecule has 2 aromatic carbocycles. The smallest absolute Gasteiger partial charge is 0.408 e. The fraction of sp³-hybridized carbons (Fsp3) is 0.462. The van der Waals surface area contributed by atoms with E-state index in [1.54, 1.807) is 34.6 Å². The number of rotatable bonds is 8. The topological polar surface area (TPSA) is 73.9 Å². The van der Waals surface area contributed by atoms with Crippen LogP contribution in [-0.2, 0) is 14.3 Å². The lowest BCUT2D eigenvalue weighted by Gasteiger charge is -2.29. The van der Waals surface area contributed by atoms with Gasteiger partial charge in [0.05, 0.1) is 0 Å². The summed E-state index contributed by atoms with van der Waals surface area (Å²) in [5, 5.41) is 2.51. The highest BCUT2D eigenvalue weighted by molar-refractivity contribution is 5.81. The Labute approximate surface area is 191 Å². The zero-order chi connectivity index (χ0) is 23.9. The molecule has 0 bridgehead atoms. The minimum atomic E-state index is -0.846. The number of carbonyl (C=O) groups excluding carboxylic acids is 2. The van der Waals surface area contributed by atoms with Gasteiger partial charge < -0.3 is 19.5 Å². The zero-order valence-electron chi connectivity index (χ0n) is 20.0. The maximum absolute atomic E-state index is 12.5. The van der Waals surface area contributed by atoms with Crippen molar-refractivity contribution in [3.8, 4) is 16.9 Å². The number of amides is 1. The van der Waals surface area contributed by atoms with E-state index in [0.29, 0.717) is 5.75 Å². The number of hydrogen-bond acceptors (Lipinski definition) is 5. The van der Waals surface area contributed by atoms with E-state index in [4.69, 9.17) is 14.2 Å². The van der Waals surface area contributed by atoms with Gasteiger partial charge in [-0.25, -0.2) is 9.59 Å². The van der Waals surface area contributed by atoms with Gasteiger partial charge in [-0.05, 0) is 63.8 Å². The van der Waals surface area contributed by atoms with Crippen LogP contribution in [0.5, 0.6) is 5.75 Å². The second kappa shape index (κ2) is 11.0. The summed E-state index contributed by atoms with van der Waals surface area (Å²) in [7, 11) is 0. The molecule has 0 unspecified atom stereocenters. The Kier molecular flexibility index (Phi) is 8.70.